The second kappa shape index (κ2) is 6.04. The van der Waals surface area contributed by atoms with Gasteiger partial charge in [-0.25, -0.2) is 9.97 Å². The first-order valence-corrected chi connectivity index (χ1v) is 6.19. The monoisotopic (exact) mass is 303 g/mol. The molecule has 2 rings (SSSR count). The number of hydrogen-bond acceptors (Lipinski definition) is 7. The molecule has 0 atom stereocenters. The quantitative estimate of drug-likeness (QED) is 0.617. The van der Waals surface area contributed by atoms with Crippen LogP contribution in [0.5, 0.6) is 5.75 Å². The number of nitrogen functional groups attached to an aromatic ring is 1. The van der Waals surface area contributed by atoms with E-state index in [4.69, 9.17) is 16.2 Å². The molecule has 0 unspecified atom stereocenters. The summed E-state index contributed by atoms with van der Waals surface area (Å²) in [6.45, 7) is 1.36. The highest BCUT2D eigenvalue weighted by Gasteiger charge is 2.18. The average molecular weight is 303 g/mol. The number of carbonyl (C=O) groups is 1. The molecule has 0 fully saturated rings. The van der Waals surface area contributed by atoms with Crippen molar-refractivity contribution in [1.82, 2.24) is 9.97 Å². The van der Waals surface area contributed by atoms with Gasteiger partial charge in [0, 0.05) is 6.07 Å². The summed E-state index contributed by atoms with van der Waals surface area (Å²) >= 11 is 0. The molecule has 1 amide bonds. The molecule has 114 valence electrons. The van der Waals surface area contributed by atoms with Crippen LogP contribution in [0.4, 0.5) is 11.6 Å². The number of nitrogens with zero attached hydrogens (tertiary/aromatic N) is 3. The van der Waals surface area contributed by atoms with Crippen LogP contribution in [-0.2, 0) is 6.61 Å². The zero-order valence-electron chi connectivity index (χ0n) is 11.6. The zero-order chi connectivity index (χ0) is 16.3. The third-order valence-electron chi connectivity index (χ3n) is 2.85. The lowest BCUT2D eigenvalue weighted by Crippen LogP contribution is -2.20. The molecule has 0 bridgehead atoms. The van der Waals surface area contributed by atoms with E-state index in [1.165, 1.54) is 18.2 Å². The highest BCUT2D eigenvalue weighted by atomic mass is 16.6. The Bertz CT molecular complexity index is 747. The van der Waals surface area contributed by atoms with Crippen LogP contribution < -0.4 is 16.2 Å². The standard InChI is InChI=1S/C13H13N5O4/c1-7-11(12(14)19)8(17-13(15)16-7)6-22-10-5-3-2-4-9(10)18(20)21/h2-5H,6H2,1H3,(H2,14,19)(H2,15,16,17). The molecule has 0 aliphatic heterocycles. The van der Waals surface area contributed by atoms with Gasteiger partial charge in [0.05, 0.1) is 21.9 Å². The molecule has 9 nitrogen and oxygen atoms in total. The summed E-state index contributed by atoms with van der Waals surface area (Å²) in [6.07, 6.45) is 0. The van der Waals surface area contributed by atoms with Crippen LogP contribution in [0.25, 0.3) is 0 Å². The van der Waals surface area contributed by atoms with Gasteiger partial charge in [0.25, 0.3) is 5.91 Å². The van der Waals surface area contributed by atoms with E-state index < -0.39 is 10.8 Å². The number of amides is 1. The lowest BCUT2D eigenvalue weighted by atomic mass is 10.1. The van der Waals surface area contributed by atoms with Crippen molar-refractivity contribution in [3.8, 4) is 5.75 Å². The highest BCUT2D eigenvalue weighted by molar-refractivity contribution is 5.95. The van der Waals surface area contributed by atoms with Gasteiger partial charge in [0.15, 0.2) is 5.75 Å². The number of ether oxygens (including phenoxy) is 1. The first kappa shape index (κ1) is 15.2. The smallest absolute Gasteiger partial charge is 0.310 e. The molecule has 0 aliphatic rings. The largest absolute Gasteiger partial charge is 0.480 e. The molecule has 1 aromatic heterocycles. The number of benzene rings is 1. The maximum atomic E-state index is 11.5. The molecule has 0 spiro atoms. The van der Waals surface area contributed by atoms with Crippen molar-refractivity contribution in [2.24, 2.45) is 5.73 Å². The molecule has 0 saturated carbocycles. The first-order valence-electron chi connectivity index (χ1n) is 6.19. The molecule has 4 N–H and O–H groups in total. The lowest BCUT2D eigenvalue weighted by molar-refractivity contribution is -0.385. The van der Waals surface area contributed by atoms with E-state index in [1.54, 1.807) is 13.0 Å². The zero-order valence-corrected chi connectivity index (χ0v) is 11.6. The number of para-hydroxylation sites is 2. The fraction of sp³-hybridized carbons (Fsp3) is 0.154. The lowest BCUT2D eigenvalue weighted by Gasteiger charge is -2.11. The van der Waals surface area contributed by atoms with Gasteiger partial charge in [0.1, 0.15) is 6.61 Å². The number of rotatable bonds is 5. The Morgan fingerprint density at radius 1 is 1.36 bits per heavy atom. The van der Waals surface area contributed by atoms with E-state index in [-0.39, 0.29) is 35.2 Å². The van der Waals surface area contributed by atoms with Crippen molar-refractivity contribution in [2.45, 2.75) is 13.5 Å². The summed E-state index contributed by atoms with van der Waals surface area (Å²) in [5.41, 5.74) is 11.2. The van der Waals surface area contributed by atoms with Crippen LogP contribution in [0.15, 0.2) is 24.3 Å². The van der Waals surface area contributed by atoms with E-state index in [2.05, 4.69) is 9.97 Å². The van der Waals surface area contributed by atoms with E-state index in [9.17, 15) is 14.9 Å². The Kier molecular flexibility index (Phi) is 4.16. The van der Waals surface area contributed by atoms with E-state index in [1.807, 2.05) is 0 Å². The summed E-state index contributed by atoms with van der Waals surface area (Å²) in [6, 6.07) is 5.87. The summed E-state index contributed by atoms with van der Waals surface area (Å²) in [4.78, 5) is 29.6. The van der Waals surface area contributed by atoms with Crippen molar-refractivity contribution in [3.63, 3.8) is 0 Å². The van der Waals surface area contributed by atoms with Gasteiger partial charge in [-0.1, -0.05) is 12.1 Å². The maximum Gasteiger partial charge on any atom is 0.310 e. The van der Waals surface area contributed by atoms with Crippen LogP contribution in [0, 0.1) is 17.0 Å². The van der Waals surface area contributed by atoms with Crippen molar-refractivity contribution >= 4 is 17.5 Å². The molecule has 22 heavy (non-hydrogen) atoms. The summed E-state index contributed by atoms with van der Waals surface area (Å²) < 4.78 is 5.39. The minimum absolute atomic E-state index is 0.0383. The number of nitrogens with two attached hydrogens (primary N) is 2. The third kappa shape index (κ3) is 3.08. The SMILES string of the molecule is Cc1nc(N)nc(COc2ccccc2[N+](=O)[O-])c1C(N)=O. The van der Waals surface area contributed by atoms with Crippen molar-refractivity contribution < 1.29 is 14.5 Å². The first-order chi connectivity index (χ1) is 10.4. The summed E-state index contributed by atoms with van der Waals surface area (Å²) in [5.74, 6) is -0.708. The number of nitro benzene ring substituents is 1. The van der Waals surface area contributed by atoms with E-state index in [0.717, 1.165) is 0 Å². The fourth-order valence-electron chi connectivity index (χ4n) is 1.96. The predicted molar refractivity (Wildman–Crippen MR) is 77.1 cm³/mol. The third-order valence-corrected chi connectivity index (χ3v) is 2.85. The number of anilines is 1. The maximum absolute atomic E-state index is 11.5. The van der Waals surface area contributed by atoms with Crippen LogP contribution in [0.3, 0.4) is 0 Å². The number of hydrogen-bond donors (Lipinski definition) is 2. The van der Waals surface area contributed by atoms with Gasteiger partial charge in [-0.05, 0) is 13.0 Å². The van der Waals surface area contributed by atoms with Crippen molar-refractivity contribution in [2.75, 3.05) is 5.73 Å². The Morgan fingerprint density at radius 3 is 2.68 bits per heavy atom. The molecule has 0 aliphatic carbocycles. The molecule has 0 radical (unpaired) electrons. The highest BCUT2D eigenvalue weighted by Crippen LogP contribution is 2.27. The van der Waals surface area contributed by atoms with Gasteiger partial charge >= 0.3 is 5.69 Å². The van der Waals surface area contributed by atoms with E-state index in [0.29, 0.717) is 5.69 Å². The van der Waals surface area contributed by atoms with Crippen LogP contribution in [0.2, 0.25) is 0 Å². The van der Waals surface area contributed by atoms with Crippen LogP contribution >= 0.6 is 0 Å². The normalized spacial score (nSPS) is 10.2. The average Bonchev–Trinajstić information content (AvgIpc) is 2.44. The molecule has 2 aromatic rings. The molecular weight excluding hydrogens is 290 g/mol. The number of primary amides is 1. The van der Waals surface area contributed by atoms with Crippen molar-refractivity contribution in [3.05, 3.63) is 51.3 Å². The topological polar surface area (TPSA) is 147 Å². The Morgan fingerprint density at radius 2 is 2.05 bits per heavy atom. The molecule has 1 aromatic carbocycles. The molecular formula is C13H13N5O4. The minimum atomic E-state index is -0.723. The summed E-state index contributed by atoms with van der Waals surface area (Å²) in [7, 11) is 0. The number of aryl methyl sites for hydroxylation is 1. The second-order valence-corrected chi connectivity index (χ2v) is 4.37. The van der Waals surface area contributed by atoms with Crippen LogP contribution in [-0.4, -0.2) is 20.8 Å². The fourth-order valence-corrected chi connectivity index (χ4v) is 1.96. The molecule has 1 heterocycles. The predicted octanol–water partition coefficient (Wildman–Crippen LogP) is 0.953. The van der Waals surface area contributed by atoms with Gasteiger partial charge in [-0.15, -0.1) is 0 Å². The Hall–Kier alpha value is -3.23. The van der Waals surface area contributed by atoms with E-state index >= 15 is 0 Å². The number of aromatic nitrogens is 2. The number of nitro groups is 1. The molecule has 0 saturated heterocycles. The van der Waals surface area contributed by atoms with Crippen LogP contribution in [0.1, 0.15) is 21.7 Å². The van der Waals surface area contributed by atoms with Gasteiger partial charge < -0.3 is 16.2 Å². The van der Waals surface area contributed by atoms with Gasteiger partial charge in [-0.3, -0.25) is 14.9 Å². The second-order valence-electron chi connectivity index (χ2n) is 4.37. The van der Waals surface area contributed by atoms with Crippen molar-refractivity contribution in [1.29, 1.82) is 0 Å². The van der Waals surface area contributed by atoms with Gasteiger partial charge in [-0.2, -0.15) is 0 Å². The van der Waals surface area contributed by atoms with Gasteiger partial charge in [0.2, 0.25) is 5.95 Å². The molecule has 9 heteroatoms. The Labute approximate surface area is 125 Å². The summed E-state index contributed by atoms with van der Waals surface area (Å²) in [5, 5.41) is 10.9. The minimum Gasteiger partial charge on any atom is -0.480 e. The number of carbonyl (C=O) groups excluding carboxylic acids is 1. The Balaban J connectivity index is 2.33.